The quantitative estimate of drug-likeness (QED) is 0.760. The highest BCUT2D eigenvalue weighted by atomic mass is 32.2. The summed E-state index contributed by atoms with van der Waals surface area (Å²) in [6, 6.07) is 3.89. The molecule has 0 radical (unpaired) electrons. The van der Waals surface area contributed by atoms with Crippen LogP contribution in [0.3, 0.4) is 0 Å². The molecule has 1 saturated carbocycles. The number of pyridine rings is 1. The second-order valence-corrected chi connectivity index (χ2v) is 4.43. The topological polar surface area (TPSA) is 45.9 Å². The second kappa shape index (κ2) is 3.89. The first-order chi connectivity index (χ1) is 6.85. The van der Waals surface area contributed by atoms with Gasteiger partial charge in [-0.2, -0.15) is 5.26 Å². The molecule has 72 valence electrons. The van der Waals surface area contributed by atoms with Crippen molar-refractivity contribution in [3.8, 4) is 11.8 Å². The van der Waals surface area contributed by atoms with Crippen LogP contribution in [0, 0.1) is 11.3 Å². The maximum Gasteiger partial charge on any atom is 0.157 e. The fraction of sp³-hybridized carbons (Fsp3) is 0.400. The van der Waals surface area contributed by atoms with Crippen molar-refractivity contribution in [1.82, 2.24) is 4.98 Å². The Morgan fingerprint density at radius 3 is 3.00 bits per heavy atom. The summed E-state index contributed by atoms with van der Waals surface area (Å²) >= 11 is 1.70. The van der Waals surface area contributed by atoms with Gasteiger partial charge in [0.25, 0.3) is 0 Å². The highest BCUT2D eigenvalue weighted by molar-refractivity contribution is 8.00. The van der Waals surface area contributed by atoms with Crippen molar-refractivity contribution >= 4 is 11.8 Å². The summed E-state index contributed by atoms with van der Waals surface area (Å²) in [5.74, 6) is 0.758. The fourth-order valence-electron chi connectivity index (χ4n) is 1.14. The summed E-state index contributed by atoms with van der Waals surface area (Å²) in [5.41, 5.74) is 0.473. The largest absolute Gasteiger partial charge is 0.495 e. The van der Waals surface area contributed by atoms with Gasteiger partial charge in [0.1, 0.15) is 11.8 Å². The van der Waals surface area contributed by atoms with Crippen LogP contribution in [-0.4, -0.2) is 17.3 Å². The molecule has 2 rings (SSSR count). The summed E-state index contributed by atoms with van der Waals surface area (Å²) < 4.78 is 5.20. The first-order valence-corrected chi connectivity index (χ1v) is 5.33. The van der Waals surface area contributed by atoms with Gasteiger partial charge in [-0.25, -0.2) is 4.98 Å². The van der Waals surface area contributed by atoms with Crippen molar-refractivity contribution in [1.29, 1.82) is 5.26 Å². The number of hydrogen-bond donors (Lipinski definition) is 0. The third-order valence-corrected chi connectivity index (χ3v) is 3.44. The van der Waals surface area contributed by atoms with Crippen molar-refractivity contribution in [3.05, 3.63) is 18.0 Å². The third kappa shape index (κ3) is 1.83. The zero-order valence-corrected chi connectivity index (χ0v) is 8.67. The van der Waals surface area contributed by atoms with E-state index in [0.29, 0.717) is 10.9 Å². The van der Waals surface area contributed by atoms with Crippen LogP contribution in [0.5, 0.6) is 5.75 Å². The van der Waals surface area contributed by atoms with Crippen LogP contribution >= 0.6 is 11.8 Å². The van der Waals surface area contributed by atoms with Crippen molar-refractivity contribution in [3.63, 3.8) is 0 Å². The van der Waals surface area contributed by atoms with Gasteiger partial charge in [-0.3, -0.25) is 0 Å². The molecule has 0 unspecified atom stereocenters. The second-order valence-electron chi connectivity index (χ2n) is 3.12. The lowest BCUT2D eigenvalue weighted by Gasteiger charge is -2.07. The minimum absolute atomic E-state index is 0.473. The van der Waals surface area contributed by atoms with Gasteiger partial charge in [0, 0.05) is 11.4 Å². The smallest absolute Gasteiger partial charge is 0.157 e. The molecule has 1 aliphatic carbocycles. The number of nitriles is 1. The average Bonchev–Trinajstić information content (AvgIpc) is 3.02. The van der Waals surface area contributed by atoms with Crippen LogP contribution in [-0.2, 0) is 0 Å². The number of rotatable bonds is 3. The lowest BCUT2D eigenvalue weighted by atomic mass is 10.3. The minimum atomic E-state index is 0.473. The Balaban J connectivity index is 2.35. The van der Waals surface area contributed by atoms with E-state index in [1.54, 1.807) is 31.1 Å². The highest BCUT2D eigenvalue weighted by Crippen LogP contribution is 2.43. The molecular formula is C10H10N2OS. The Kier molecular flexibility index (Phi) is 2.60. The molecular weight excluding hydrogens is 196 g/mol. The Hall–Kier alpha value is -1.21. The molecule has 0 spiro atoms. The van der Waals surface area contributed by atoms with Gasteiger partial charge in [0.15, 0.2) is 5.69 Å². The summed E-state index contributed by atoms with van der Waals surface area (Å²) in [4.78, 5) is 4.91. The van der Waals surface area contributed by atoms with Crippen LogP contribution in [0.1, 0.15) is 18.5 Å². The molecule has 1 aliphatic rings. The molecule has 3 nitrogen and oxygen atoms in total. The van der Waals surface area contributed by atoms with E-state index in [2.05, 4.69) is 11.1 Å². The Morgan fingerprint density at radius 1 is 1.64 bits per heavy atom. The van der Waals surface area contributed by atoms with Crippen LogP contribution in [0.4, 0.5) is 0 Å². The zero-order chi connectivity index (χ0) is 9.97. The van der Waals surface area contributed by atoms with E-state index >= 15 is 0 Å². The lowest BCUT2D eigenvalue weighted by molar-refractivity contribution is 0.403. The van der Waals surface area contributed by atoms with Crippen LogP contribution in [0.25, 0.3) is 0 Å². The Bertz CT molecular complexity index is 382. The van der Waals surface area contributed by atoms with E-state index in [1.165, 1.54) is 12.8 Å². The van der Waals surface area contributed by atoms with Crippen LogP contribution < -0.4 is 4.74 Å². The zero-order valence-electron chi connectivity index (χ0n) is 7.86. The van der Waals surface area contributed by atoms with Crippen molar-refractivity contribution < 1.29 is 4.74 Å². The molecule has 0 atom stereocenters. The van der Waals surface area contributed by atoms with Gasteiger partial charge >= 0.3 is 0 Å². The highest BCUT2D eigenvalue weighted by Gasteiger charge is 2.25. The van der Waals surface area contributed by atoms with Crippen molar-refractivity contribution in [2.24, 2.45) is 0 Å². The summed E-state index contributed by atoms with van der Waals surface area (Å²) in [6.45, 7) is 0. The van der Waals surface area contributed by atoms with E-state index in [1.807, 2.05) is 0 Å². The predicted molar refractivity (Wildman–Crippen MR) is 54.4 cm³/mol. The van der Waals surface area contributed by atoms with E-state index < -0.39 is 0 Å². The summed E-state index contributed by atoms with van der Waals surface area (Å²) in [5, 5.41) is 9.54. The molecule has 1 aromatic rings. The Labute approximate surface area is 87.1 Å². The summed E-state index contributed by atoms with van der Waals surface area (Å²) in [6.07, 6.45) is 4.06. The number of nitrogens with zero attached hydrogens (tertiary/aromatic N) is 2. The molecule has 0 amide bonds. The number of methoxy groups -OCH3 is 1. The van der Waals surface area contributed by atoms with Crippen molar-refractivity contribution in [2.45, 2.75) is 23.0 Å². The van der Waals surface area contributed by atoms with E-state index in [9.17, 15) is 0 Å². The molecule has 0 bridgehead atoms. The first-order valence-electron chi connectivity index (χ1n) is 4.45. The standard InChI is InChI=1S/C10H10N2OS/c1-13-9-4-5-12-8(6-11)10(9)14-7-2-3-7/h4-5,7H,2-3H2,1H3. The van der Waals surface area contributed by atoms with E-state index in [4.69, 9.17) is 10.00 Å². The number of aromatic nitrogens is 1. The normalized spacial score (nSPS) is 14.9. The number of ether oxygens (including phenoxy) is 1. The molecule has 1 aromatic heterocycles. The van der Waals surface area contributed by atoms with E-state index in [-0.39, 0.29) is 0 Å². The molecule has 0 aliphatic heterocycles. The van der Waals surface area contributed by atoms with Gasteiger partial charge < -0.3 is 4.74 Å². The SMILES string of the molecule is COc1ccnc(C#N)c1SC1CC1. The monoisotopic (exact) mass is 206 g/mol. The number of hydrogen-bond acceptors (Lipinski definition) is 4. The maximum atomic E-state index is 8.89. The van der Waals surface area contributed by atoms with Crippen LogP contribution in [0.15, 0.2) is 17.2 Å². The summed E-state index contributed by atoms with van der Waals surface area (Å²) in [7, 11) is 1.62. The van der Waals surface area contributed by atoms with Gasteiger partial charge in [-0.15, -0.1) is 11.8 Å². The predicted octanol–water partition coefficient (Wildman–Crippen LogP) is 2.22. The van der Waals surface area contributed by atoms with Crippen molar-refractivity contribution in [2.75, 3.05) is 7.11 Å². The van der Waals surface area contributed by atoms with Crippen LogP contribution in [0.2, 0.25) is 0 Å². The molecule has 4 heteroatoms. The van der Waals surface area contributed by atoms with Gasteiger partial charge in [-0.05, 0) is 18.9 Å². The fourth-order valence-corrected chi connectivity index (χ4v) is 2.32. The molecule has 1 fully saturated rings. The third-order valence-electron chi connectivity index (χ3n) is 2.00. The van der Waals surface area contributed by atoms with Gasteiger partial charge in [0.2, 0.25) is 0 Å². The van der Waals surface area contributed by atoms with Gasteiger partial charge in [0.05, 0.1) is 12.0 Å². The number of thioether (sulfide) groups is 1. The maximum absolute atomic E-state index is 8.89. The molecule has 0 N–H and O–H groups in total. The molecule has 1 heterocycles. The van der Waals surface area contributed by atoms with E-state index in [0.717, 1.165) is 10.6 Å². The minimum Gasteiger partial charge on any atom is -0.495 e. The molecule has 14 heavy (non-hydrogen) atoms. The molecule has 0 aromatic carbocycles. The molecule has 0 saturated heterocycles. The van der Waals surface area contributed by atoms with Gasteiger partial charge in [-0.1, -0.05) is 0 Å². The first kappa shape index (κ1) is 9.35. The Morgan fingerprint density at radius 2 is 2.43 bits per heavy atom. The average molecular weight is 206 g/mol. The lowest BCUT2D eigenvalue weighted by Crippen LogP contribution is -1.93.